The summed E-state index contributed by atoms with van der Waals surface area (Å²) < 4.78 is 16.2. The van der Waals surface area contributed by atoms with E-state index in [9.17, 15) is 9.90 Å². The fraction of sp³-hybridized carbons (Fsp3) is 0.545. The minimum atomic E-state index is -0.166. The van der Waals surface area contributed by atoms with Gasteiger partial charge in [-0.25, -0.2) is 0 Å². The molecule has 0 spiro atoms. The minimum absolute atomic E-state index is 0.0632. The van der Waals surface area contributed by atoms with Gasteiger partial charge in [0.05, 0.1) is 25.3 Å². The van der Waals surface area contributed by atoms with Crippen LogP contribution in [0.5, 0.6) is 11.5 Å². The third-order valence-corrected chi connectivity index (χ3v) is 6.08. The highest BCUT2D eigenvalue weighted by Crippen LogP contribution is 2.35. The van der Waals surface area contributed by atoms with Crippen LogP contribution in [0.25, 0.3) is 10.9 Å². The summed E-state index contributed by atoms with van der Waals surface area (Å²) in [5, 5.41) is 14.1. The average molecular weight is 463 g/mol. The summed E-state index contributed by atoms with van der Waals surface area (Å²) in [5.41, 5.74) is 1.14. The molecule has 3 heterocycles. The zero-order valence-corrected chi connectivity index (χ0v) is 18.9. The first-order valence-electron chi connectivity index (χ1n) is 11.0. The summed E-state index contributed by atoms with van der Waals surface area (Å²) in [5.74, 6) is 1.30. The lowest BCUT2D eigenvalue weighted by Crippen LogP contribution is -2.42. The van der Waals surface area contributed by atoms with Crippen molar-refractivity contribution in [2.45, 2.75) is 19.4 Å². The van der Waals surface area contributed by atoms with Gasteiger partial charge in [0.25, 0.3) is 5.56 Å². The van der Waals surface area contributed by atoms with Crippen LogP contribution < -0.4 is 20.3 Å². The molecule has 2 aliphatic heterocycles. The summed E-state index contributed by atoms with van der Waals surface area (Å²) in [4.78, 5) is 20.0. The Balaban J connectivity index is 1.39. The number of pyridine rings is 1. The second-order valence-electron chi connectivity index (χ2n) is 7.95. The van der Waals surface area contributed by atoms with E-state index < -0.39 is 0 Å². The van der Waals surface area contributed by atoms with Gasteiger partial charge in [0.2, 0.25) is 6.79 Å². The van der Waals surface area contributed by atoms with Crippen LogP contribution in [0.1, 0.15) is 18.4 Å². The maximum Gasteiger partial charge on any atom is 0.253 e. The lowest BCUT2D eigenvalue weighted by molar-refractivity contribution is 0.0376. The summed E-state index contributed by atoms with van der Waals surface area (Å²) in [6.45, 7) is 6.44. The Hall–Kier alpha value is -2.40. The van der Waals surface area contributed by atoms with E-state index in [2.05, 4.69) is 15.2 Å². The molecule has 0 atom stereocenters. The SMILES string of the molecule is O=c1[nH]c2cc3c(cc2cc1CN(CCCO)C(=S)NCCCN1CCOCC1)OCO3. The highest BCUT2D eigenvalue weighted by molar-refractivity contribution is 7.80. The second kappa shape index (κ2) is 11.0. The molecule has 32 heavy (non-hydrogen) atoms. The first-order chi connectivity index (χ1) is 15.6. The molecule has 0 radical (unpaired) electrons. The molecule has 1 aromatic heterocycles. The molecule has 4 rings (SSSR count). The highest BCUT2D eigenvalue weighted by atomic mass is 32.1. The van der Waals surface area contributed by atoms with Crippen molar-refractivity contribution in [3.8, 4) is 11.5 Å². The standard InChI is InChI=1S/C22H30N4O5S/c27-8-2-5-26(22(32)23-3-1-4-25-6-9-29-10-7-25)14-17-11-16-12-19-20(31-15-30-19)13-18(16)24-21(17)28/h11-13,27H,1-10,14-15H2,(H,23,32)(H,24,28). The molecule has 0 amide bonds. The Labute approximate surface area is 192 Å². The molecule has 2 aliphatic rings. The largest absolute Gasteiger partial charge is 0.454 e. The van der Waals surface area contributed by atoms with Gasteiger partial charge < -0.3 is 34.5 Å². The molecule has 3 N–H and O–H groups in total. The van der Waals surface area contributed by atoms with Crippen LogP contribution in [0.15, 0.2) is 23.0 Å². The third-order valence-electron chi connectivity index (χ3n) is 5.68. The molecule has 0 aliphatic carbocycles. The first kappa shape index (κ1) is 22.8. The van der Waals surface area contributed by atoms with Crippen LogP contribution in [-0.2, 0) is 11.3 Å². The number of aliphatic hydroxyl groups is 1. The Bertz CT molecular complexity index is 992. The van der Waals surface area contributed by atoms with E-state index >= 15 is 0 Å². The number of hydrogen-bond donors (Lipinski definition) is 3. The number of aromatic amines is 1. The zero-order chi connectivity index (χ0) is 22.3. The highest BCUT2D eigenvalue weighted by Gasteiger charge is 2.17. The van der Waals surface area contributed by atoms with Crippen molar-refractivity contribution >= 4 is 28.2 Å². The van der Waals surface area contributed by atoms with Gasteiger partial charge in [0, 0.05) is 49.8 Å². The third kappa shape index (κ3) is 5.69. The van der Waals surface area contributed by atoms with E-state index in [0.717, 1.165) is 51.2 Å². The molecule has 9 nitrogen and oxygen atoms in total. The lowest BCUT2D eigenvalue weighted by Gasteiger charge is -2.28. The molecular formula is C22H30N4O5S. The summed E-state index contributed by atoms with van der Waals surface area (Å²) in [6.07, 6.45) is 1.54. The van der Waals surface area contributed by atoms with E-state index in [4.69, 9.17) is 26.4 Å². The molecule has 1 fully saturated rings. The second-order valence-corrected chi connectivity index (χ2v) is 8.34. The van der Waals surface area contributed by atoms with Crippen molar-refractivity contribution in [1.82, 2.24) is 20.1 Å². The number of thiocarbonyl (C=S) groups is 1. The van der Waals surface area contributed by atoms with Crippen LogP contribution in [0.4, 0.5) is 0 Å². The van der Waals surface area contributed by atoms with Gasteiger partial charge in [-0.1, -0.05) is 0 Å². The molecule has 2 aromatic rings. The Morgan fingerprint density at radius 3 is 2.75 bits per heavy atom. The number of aliphatic hydroxyl groups excluding tert-OH is 1. The molecule has 174 valence electrons. The molecule has 10 heteroatoms. The lowest BCUT2D eigenvalue weighted by atomic mass is 10.1. The Morgan fingerprint density at radius 1 is 1.19 bits per heavy atom. The predicted octanol–water partition coefficient (Wildman–Crippen LogP) is 1.04. The fourth-order valence-electron chi connectivity index (χ4n) is 3.91. The maximum atomic E-state index is 12.7. The van der Waals surface area contributed by atoms with E-state index in [1.54, 1.807) is 6.07 Å². The zero-order valence-electron chi connectivity index (χ0n) is 18.1. The minimum Gasteiger partial charge on any atom is -0.454 e. The van der Waals surface area contributed by atoms with Crippen molar-refractivity contribution in [2.75, 3.05) is 59.3 Å². The number of aromatic nitrogens is 1. The van der Waals surface area contributed by atoms with E-state index in [-0.39, 0.29) is 19.0 Å². The number of rotatable bonds is 9. The van der Waals surface area contributed by atoms with Crippen LogP contribution in [0.3, 0.4) is 0 Å². The number of fused-ring (bicyclic) bond motifs is 2. The van der Waals surface area contributed by atoms with Gasteiger partial charge in [0.15, 0.2) is 16.6 Å². The fourth-order valence-corrected chi connectivity index (χ4v) is 4.17. The van der Waals surface area contributed by atoms with Crippen molar-refractivity contribution in [3.63, 3.8) is 0 Å². The number of morpholine rings is 1. The molecule has 0 unspecified atom stereocenters. The number of H-pyrrole nitrogens is 1. The molecule has 0 saturated carbocycles. The van der Waals surface area contributed by atoms with Crippen LogP contribution in [0.2, 0.25) is 0 Å². The van der Waals surface area contributed by atoms with Gasteiger partial charge in [-0.2, -0.15) is 0 Å². The molecule has 0 bridgehead atoms. The van der Waals surface area contributed by atoms with Crippen LogP contribution in [-0.4, -0.2) is 84.3 Å². The number of hydrogen-bond acceptors (Lipinski definition) is 7. The van der Waals surface area contributed by atoms with Gasteiger partial charge in [-0.05, 0) is 43.7 Å². The van der Waals surface area contributed by atoms with Crippen molar-refractivity contribution in [3.05, 3.63) is 34.1 Å². The van der Waals surface area contributed by atoms with Crippen molar-refractivity contribution in [2.24, 2.45) is 0 Å². The van der Waals surface area contributed by atoms with Gasteiger partial charge >= 0.3 is 0 Å². The number of ether oxygens (including phenoxy) is 3. The normalized spacial score (nSPS) is 15.8. The van der Waals surface area contributed by atoms with Gasteiger partial charge in [0.1, 0.15) is 0 Å². The van der Waals surface area contributed by atoms with Gasteiger partial charge in [-0.15, -0.1) is 0 Å². The monoisotopic (exact) mass is 462 g/mol. The van der Waals surface area contributed by atoms with E-state index in [1.807, 2.05) is 17.0 Å². The summed E-state index contributed by atoms with van der Waals surface area (Å²) in [6, 6.07) is 5.52. The quantitative estimate of drug-likeness (QED) is 0.373. The van der Waals surface area contributed by atoms with Crippen LogP contribution >= 0.6 is 12.2 Å². The Kier molecular flexibility index (Phi) is 7.80. The van der Waals surface area contributed by atoms with Crippen molar-refractivity contribution < 1.29 is 19.3 Å². The molecular weight excluding hydrogens is 432 g/mol. The summed E-state index contributed by atoms with van der Waals surface area (Å²) in [7, 11) is 0. The van der Waals surface area contributed by atoms with Crippen LogP contribution in [0, 0.1) is 0 Å². The smallest absolute Gasteiger partial charge is 0.253 e. The molecule has 1 saturated heterocycles. The van der Waals surface area contributed by atoms with E-state index in [0.29, 0.717) is 47.2 Å². The van der Waals surface area contributed by atoms with E-state index in [1.165, 1.54) is 0 Å². The average Bonchev–Trinajstić information content (AvgIpc) is 3.26. The van der Waals surface area contributed by atoms with Gasteiger partial charge in [-0.3, -0.25) is 9.69 Å². The Morgan fingerprint density at radius 2 is 1.97 bits per heavy atom. The van der Waals surface area contributed by atoms with Crippen molar-refractivity contribution in [1.29, 1.82) is 0 Å². The number of nitrogens with zero attached hydrogens (tertiary/aromatic N) is 2. The number of nitrogens with one attached hydrogen (secondary N) is 2. The molecule has 1 aromatic carbocycles. The predicted molar refractivity (Wildman–Crippen MR) is 125 cm³/mol. The maximum absolute atomic E-state index is 12.7. The first-order valence-corrected chi connectivity index (χ1v) is 11.4. The topological polar surface area (TPSA) is 99.3 Å². The number of benzene rings is 1. The summed E-state index contributed by atoms with van der Waals surface area (Å²) >= 11 is 5.61.